The van der Waals surface area contributed by atoms with Crippen molar-refractivity contribution in [1.29, 1.82) is 0 Å². The summed E-state index contributed by atoms with van der Waals surface area (Å²) >= 11 is 0. The van der Waals surface area contributed by atoms with Gasteiger partial charge in [-0.1, -0.05) is 18.2 Å². The summed E-state index contributed by atoms with van der Waals surface area (Å²) < 4.78 is 24.2. The van der Waals surface area contributed by atoms with Gasteiger partial charge >= 0.3 is 6.03 Å². The fraction of sp³-hybridized carbons (Fsp3) is 0.111. The second-order valence-electron chi connectivity index (χ2n) is 5.30. The van der Waals surface area contributed by atoms with Crippen LogP contribution in [0.4, 0.5) is 9.18 Å². The standard InChI is InChI=1S/C18H15FN2O4/c1-24-16-9-11(8-14-17(22)21-18(23)20-14)5-6-15(16)25-10-12-3-2-4-13(19)7-12/h2-9H,10H2,1H3,(H2,20,21,22,23)/b14-8-. The topological polar surface area (TPSA) is 76.7 Å². The lowest BCUT2D eigenvalue weighted by atomic mass is 10.1. The Bertz CT molecular complexity index is 864. The summed E-state index contributed by atoms with van der Waals surface area (Å²) in [5.74, 6) is 0.117. The van der Waals surface area contributed by atoms with E-state index in [0.717, 1.165) is 0 Å². The highest BCUT2D eigenvalue weighted by molar-refractivity contribution is 6.14. The molecule has 0 unspecified atom stereocenters. The van der Waals surface area contributed by atoms with E-state index in [9.17, 15) is 14.0 Å². The van der Waals surface area contributed by atoms with Crippen LogP contribution in [0.1, 0.15) is 11.1 Å². The van der Waals surface area contributed by atoms with Crippen LogP contribution in [0.15, 0.2) is 48.2 Å². The molecule has 0 aromatic heterocycles. The van der Waals surface area contributed by atoms with Crippen LogP contribution in [0, 0.1) is 5.82 Å². The molecule has 1 aliphatic heterocycles. The van der Waals surface area contributed by atoms with Crippen molar-refractivity contribution in [3.05, 3.63) is 65.1 Å². The van der Waals surface area contributed by atoms with E-state index in [4.69, 9.17) is 9.47 Å². The molecule has 3 amide bonds. The normalized spacial score (nSPS) is 15.0. The third-order valence-electron chi connectivity index (χ3n) is 3.50. The number of carbonyl (C=O) groups is 2. The summed E-state index contributed by atoms with van der Waals surface area (Å²) in [4.78, 5) is 22.7. The quantitative estimate of drug-likeness (QED) is 0.647. The molecule has 6 nitrogen and oxygen atoms in total. The van der Waals surface area contributed by atoms with Gasteiger partial charge in [-0.05, 0) is 41.5 Å². The molecular weight excluding hydrogens is 327 g/mol. The zero-order valence-corrected chi connectivity index (χ0v) is 13.3. The Balaban J connectivity index is 1.77. The molecule has 0 bridgehead atoms. The van der Waals surface area contributed by atoms with Crippen LogP contribution in [0.25, 0.3) is 6.08 Å². The number of urea groups is 1. The molecule has 2 aromatic carbocycles. The van der Waals surface area contributed by atoms with Gasteiger partial charge in [-0.2, -0.15) is 0 Å². The molecular formula is C18H15FN2O4. The van der Waals surface area contributed by atoms with Crippen LogP contribution in [0.3, 0.4) is 0 Å². The minimum atomic E-state index is -0.557. The highest BCUT2D eigenvalue weighted by Crippen LogP contribution is 2.29. The molecule has 0 spiro atoms. The van der Waals surface area contributed by atoms with Crippen molar-refractivity contribution in [1.82, 2.24) is 10.6 Å². The van der Waals surface area contributed by atoms with Crippen LogP contribution >= 0.6 is 0 Å². The van der Waals surface area contributed by atoms with E-state index in [1.807, 2.05) is 0 Å². The fourth-order valence-corrected chi connectivity index (χ4v) is 2.33. The van der Waals surface area contributed by atoms with Gasteiger partial charge in [0.2, 0.25) is 0 Å². The number of hydrogen-bond donors (Lipinski definition) is 2. The number of nitrogens with one attached hydrogen (secondary N) is 2. The molecule has 128 valence electrons. The van der Waals surface area contributed by atoms with Crippen molar-refractivity contribution >= 4 is 18.0 Å². The number of ether oxygens (including phenoxy) is 2. The van der Waals surface area contributed by atoms with Crippen LogP contribution in [0.5, 0.6) is 11.5 Å². The summed E-state index contributed by atoms with van der Waals surface area (Å²) in [6.07, 6.45) is 1.53. The molecule has 0 atom stereocenters. The van der Waals surface area contributed by atoms with Crippen LogP contribution in [0.2, 0.25) is 0 Å². The molecule has 2 aromatic rings. The summed E-state index contributed by atoms with van der Waals surface area (Å²) in [6.45, 7) is 0.188. The lowest BCUT2D eigenvalue weighted by molar-refractivity contribution is -0.115. The van der Waals surface area contributed by atoms with Gasteiger partial charge in [-0.3, -0.25) is 10.1 Å². The van der Waals surface area contributed by atoms with Crippen molar-refractivity contribution in [3.63, 3.8) is 0 Å². The molecule has 7 heteroatoms. The van der Waals surface area contributed by atoms with Crippen LogP contribution in [-0.2, 0) is 11.4 Å². The summed E-state index contributed by atoms with van der Waals surface area (Å²) in [6, 6.07) is 10.6. The minimum absolute atomic E-state index is 0.153. The van der Waals surface area contributed by atoms with Gasteiger partial charge in [-0.25, -0.2) is 9.18 Å². The van der Waals surface area contributed by atoms with Crippen molar-refractivity contribution in [2.24, 2.45) is 0 Å². The van der Waals surface area contributed by atoms with Gasteiger partial charge < -0.3 is 14.8 Å². The molecule has 25 heavy (non-hydrogen) atoms. The summed E-state index contributed by atoms with van der Waals surface area (Å²) in [7, 11) is 1.49. The number of imide groups is 1. The SMILES string of the molecule is COc1cc(/C=C2\NC(=O)NC2=O)ccc1OCc1cccc(F)c1. The Morgan fingerprint density at radius 3 is 2.60 bits per heavy atom. The maximum Gasteiger partial charge on any atom is 0.326 e. The van der Waals surface area contributed by atoms with Crippen molar-refractivity contribution in [2.75, 3.05) is 7.11 Å². The van der Waals surface area contributed by atoms with Crippen molar-refractivity contribution in [3.8, 4) is 11.5 Å². The third kappa shape index (κ3) is 3.95. The van der Waals surface area contributed by atoms with Gasteiger partial charge in [0.05, 0.1) is 7.11 Å². The molecule has 0 saturated carbocycles. The smallest absolute Gasteiger partial charge is 0.326 e. The molecule has 1 saturated heterocycles. The van der Waals surface area contributed by atoms with Gasteiger partial charge in [0.15, 0.2) is 11.5 Å². The predicted octanol–water partition coefficient (Wildman–Crippen LogP) is 2.59. The molecule has 1 heterocycles. The lowest BCUT2D eigenvalue weighted by Gasteiger charge is -2.11. The summed E-state index contributed by atoms with van der Waals surface area (Å²) in [5.41, 5.74) is 1.50. The maximum atomic E-state index is 13.2. The Kier molecular flexibility index (Phi) is 4.65. The van der Waals surface area contributed by atoms with Crippen molar-refractivity contribution < 1.29 is 23.5 Å². The lowest BCUT2D eigenvalue weighted by Crippen LogP contribution is -2.22. The zero-order chi connectivity index (χ0) is 17.8. The molecule has 0 aliphatic carbocycles. The largest absolute Gasteiger partial charge is 0.493 e. The average molecular weight is 342 g/mol. The predicted molar refractivity (Wildman–Crippen MR) is 88.4 cm³/mol. The zero-order valence-electron chi connectivity index (χ0n) is 13.3. The third-order valence-corrected chi connectivity index (χ3v) is 3.50. The van der Waals surface area contributed by atoms with Gasteiger partial charge in [-0.15, -0.1) is 0 Å². The number of amides is 3. The average Bonchev–Trinajstić information content (AvgIpc) is 2.91. The molecule has 0 radical (unpaired) electrons. The number of methoxy groups -OCH3 is 1. The fourth-order valence-electron chi connectivity index (χ4n) is 2.33. The first-order valence-electron chi connectivity index (χ1n) is 7.44. The van der Waals surface area contributed by atoms with E-state index in [0.29, 0.717) is 22.6 Å². The molecule has 3 rings (SSSR count). The van der Waals surface area contributed by atoms with E-state index < -0.39 is 11.9 Å². The van der Waals surface area contributed by atoms with Crippen molar-refractivity contribution in [2.45, 2.75) is 6.61 Å². The highest BCUT2D eigenvalue weighted by Gasteiger charge is 2.22. The van der Waals surface area contributed by atoms with E-state index in [1.165, 1.54) is 25.3 Å². The van der Waals surface area contributed by atoms with E-state index in [2.05, 4.69) is 10.6 Å². The van der Waals surface area contributed by atoms with Crippen LogP contribution in [-0.4, -0.2) is 19.0 Å². The minimum Gasteiger partial charge on any atom is -0.493 e. The van der Waals surface area contributed by atoms with Gasteiger partial charge in [0.25, 0.3) is 5.91 Å². The number of rotatable bonds is 5. The van der Waals surface area contributed by atoms with E-state index in [1.54, 1.807) is 30.3 Å². The monoisotopic (exact) mass is 342 g/mol. The number of hydrogen-bond acceptors (Lipinski definition) is 4. The van der Waals surface area contributed by atoms with Gasteiger partial charge in [0, 0.05) is 0 Å². The first-order valence-corrected chi connectivity index (χ1v) is 7.44. The Morgan fingerprint density at radius 1 is 1.08 bits per heavy atom. The second kappa shape index (κ2) is 7.04. The second-order valence-corrected chi connectivity index (χ2v) is 5.30. The first kappa shape index (κ1) is 16.5. The van der Waals surface area contributed by atoms with Gasteiger partial charge in [0.1, 0.15) is 18.1 Å². The Labute approximate surface area is 143 Å². The van der Waals surface area contributed by atoms with E-state index >= 15 is 0 Å². The molecule has 1 fully saturated rings. The Morgan fingerprint density at radius 2 is 1.92 bits per heavy atom. The number of carbonyl (C=O) groups excluding carboxylic acids is 2. The Hall–Kier alpha value is -3.35. The summed E-state index contributed by atoms with van der Waals surface area (Å²) in [5, 5.41) is 4.54. The molecule has 1 aliphatic rings. The maximum absolute atomic E-state index is 13.2. The first-order chi connectivity index (χ1) is 12.0. The number of benzene rings is 2. The number of halogens is 1. The van der Waals surface area contributed by atoms with E-state index in [-0.39, 0.29) is 18.1 Å². The van der Waals surface area contributed by atoms with Crippen LogP contribution < -0.4 is 20.1 Å². The highest BCUT2D eigenvalue weighted by atomic mass is 19.1. The molecule has 2 N–H and O–H groups in total.